The largest absolute Gasteiger partial charge is 0.241 e. The molecule has 1 saturated carbocycles. The number of rotatable bonds is 8. The zero-order valence-corrected chi connectivity index (χ0v) is 19.9. The van der Waals surface area contributed by atoms with E-state index < -0.39 is 26.1 Å². The summed E-state index contributed by atoms with van der Waals surface area (Å²) in [5.74, 6) is 0. The highest BCUT2D eigenvalue weighted by Crippen LogP contribution is 2.25. The number of hydrogen-bond acceptors (Lipinski definition) is 4. The molecule has 6 nitrogen and oxygen atoms in total. The number of benzene rings is 3. The van der Waals surface area contributed by atoms with E-state index in [-0.39, 0.29) is 15.8 Å². The molecule has 4 rings (SSSR count). The van der Waals surface area contributed by atoms with E-state index in [2.05, 4.69) is 9.44 Å². The molecule has 0 saturated heterocycles. The second-order valence-electron chi connectivity index (χ2n) is 8.30. The van der Waals surface area contributed by atoms with E-state index in [1.165, 1.54) is 24.3 Å². The minimum atomic E-state index is -3.91. The molecule has 0 amide bonds. The molecule has 1 aliphatic rings. The van der Waals surface area contributed by atoms with Crippen LogP contribution < -0.4 is 9.44 Å². The Morgan fingerprint density at radius 2 is 1.06 bits per heavy atom. The Bertz CT molecular complexity index is 1220. The Kier molecular flexibility index (Phi) is 7.29. The van der Waals surface area contributed by atoms with Crippen LogP contribution in [0.25, 0.3) is 0 Å². The van der Waals surface area contributed by atoms with E-state index in [9.17, 15) is 16.8 Å². The van der Waals surface area contributed by atoms with Crippen molar-refractivity contribution in [3.8, 4) is 0 Å². The average Bonchev–Trinajstić information content (AvgIpc) is 2.84. The van der Waals surface area contributed by atoms with Gasteiger partial charge in [-0.25, -0.2) is 21.6 Å². The molecule has 0 bridgehead atoms. The molecule has 0 aromatic heterocycles. The Hall–Kier alpha value is -2.52. The van der Waals surface area contributed by atoms with Gasteiger partial charge in [0.25, 0.3) is 0 Å². The highest BCUT2D eigenvalue weighted by atomic mass is 32.2. The fraction of sp³-hybridized carbons (Fsp3) is 0.280. The highest BCUT2D eigenvalue weighted by molar-refractivity contribution is 7.90. The molecule has 0 spiro atoms. The smallest absolute Gasteiger partial charge is 0.208 e. The van der Waals surface area contributed by atoms with Crippen LogP contribution >= 0.6 is 0 Å². The SMILES string of the molecule is O=S(=O)(NC1CCCCC1)c1ccc(S(=O)(=O)NC(c2ccccc2)c2ccccc2)cc1. The summed E-state index contributed by atoms with van der Waals surface area (Å²) in [5.41, 5.74) is 1.62. The summed E-state index contributed by atoms with van der Waals surface area (Å²) in [6.45, 7) is 0. The molecular weight excluding hydrogens is 456 g/mol. The summed E-state index contributed by atoms with van der Waals surface area (Å²) < 4.78 is 57.4. The van der Waals surface area contributed by atoms with Crippen LogP contribution in [0.1, 0.15) is 49.3 Å². The Morgan fingerprint density at radius 3 is 1.55 bits per heavy atom. The third-order valence-electron chi connectivity index (χ3n) is 5.91. The molecule has 0 atom stereocenters. The van der Waals surface area contributed by atoms with Gasteiger partial charge in [-0.1, -0.05) is 79.9 Å². The van der Waals surface area contributed by atoms with Crippen molar-refractivity contribution in [3.63, 3.8) is 0 Å². The van der Waals surface area contributed by atoms with Crippen LogP contribution in [-0.2, 0) is 20.0 Å². The lowest BCUT2D eigenvalue weighted by Crippen LogP contribution is -2.36. The fourth-order valence-corrected chi connectivity index (χ4v) is 6.67. The van der Waals surface area contributed by atoms with Crippen LogP contribution in [-0.4, -0.2) is 22.9 Å². The van der Waals surface area contributed by atoms with Crippen LogP contribution in [0.3, 0.4) is 0 Å². The molecule has 0 aliphatic heterocycles. The van der Waals surface area contributed by atoms with Crippen molar-refractivity contribution < 1.29 is 16.8 Å². The first-order chi connectivity index (χ1) is 15.9. The predicted molar refractivity (Wildman–Crippen MR) is 129 cm³/mol. The molecule has 174 valence electrons. The summed E-state index contributed by atoms with van der Waals surface area (Å²) >= 11 is 0. The maximum absolute atomic E-state index is 13.2. The second kappa shape index (κ2) is 10.2. The van der Waals surface area contributed by atoms with Gasteiger partial charge in [0.15, 0.2) is 0 Å². The van der Waals surface area contributed by atoms with Gasteiger partial charge in [0.1, 0.15) is 0 Å². The maximum Gasteiger partial charge on any atom is 0.241 e. The van der Waals surface area contributed by atoms with Crippen LogP contribution in [0.15, 0.2) is 94.7 Å². The van der Waals surface area contributed by atoms with Crippen molar-refractivity contribution in [3.05, 3.63) is 96.1 Å². The normalized spacial score (nSPS) is 15.5. The third kappa shape index (κ3) is 5.89. The maximum atomic E-state index is 13.2. The summed E-state index contributed by atoms with van der Waals surface area (Å²) in [6, 6.07) is 23.4. The molecule has 1 fully saturated rings. The molecule has 0 unspecified atom stereocenters. The van der Waals surface area contributed by atoms with Gasteiger partial charge in [-0.3, -0.25) is 0 Å². The number of hydrogen-bond donors (Lipinski definition) is 2. The summed E-state index contributed by atoms with van der Waals surface area (Å²) in [5, 5.41) is 0. The first kappa shape index (κ1) is 23.6. The van der Waals surface area contributed by atoms with Crippen molar-refractivity contribution in [2.45, 2.75) is 54.0 Å². The van der Waals surface area contributed by atoms with E-state index in [4.69, 9.17) is 0 Å². The molecule has 0 radical (unpaired) electrons. The Balaban J connectivity index is 1.56. The van der Waals surface area contributed by atoms with Crippen LogP contribution in [0.5, 0.6) is 0 Å². The first-order valence-electron chi connectivity index (χ1n) is 11.1. The van der Waals surface area contributed by atoms with Crippen molar-refractivity contribution in [2.24, 2.45) is 0 Å². The van der Waals surface area contributed by atoms with Gasteiger partial charge >= 0.3 is 0 Å². The minimum Gasteiger partial charge on any atom is -0.208 e. The van der Waals surface area contributed by atoms with Gasteiger partial charge in [0.2, 0.25) is 20.0 Å². The summed E-state index contributed by atoms with van der Waals surface area (Å²) in [6.07, 6.45) is 4.82. The lowest BCUT2D eigenvalue weighted by molar-refractivity contribution is 0.412. The van der Waals surface area contributed by atoms with Crippen LogP contribution in [0, 0.1) is 0 Å². The van der Waals surface area contributed by atoms with Crippen LogP contribution in [0.2, 0.25) is 0 Å². The van der Waals surface area contributed by atoms with Gasteiger partial charge in [-0.2, -0.15) is 4.72 Å². The standard InChI is InChI=1S/C25H28N2O4S2/c28-32(29,26-22-14-8-3-9-15-22)23-16-18-24(19-17-23)33(30,31)27-25(20-10-4-1-5-11-20)21-12-6-2-7-13-21/h1-2,4-7,10-13,16-19,22,25-27H,3,8-9,14-15H2. The van der Waals surface area contributed by atoms with E-state index in [0.717, 1.165) is 43.2 Å². The molecule has 3 aromatic carbocycles. The van der Waals surface area contributed by atoms with Crippen LogP contribution in [0.4, 0.5) is 0 Å². The Labute approximate surface area is 196 Å². The molecule has 2 N–H and O–H groups in total. The van der Waals surface area contributed by atoms with Crippen molar-refractivity contribution in [2.75, 3.05) is 0 Å². The van der Waals surface area contributed by atoms with Crippen molar-refractivity contribution in [1.29, 1.82) is 0 Å². The quantitative estimate of drug-likeness (QED) is 0.497. The van der Waals surface area contributed by atoms with E-state index in [0.29, 0.717) is 0 Å². The van der Waals surface area contributed by atoms with E-state index in [1.54, 1.807) is 0 Å². The van der Waals surface area contributed by atoms with Crippen molar-refractivity contribution >= 4 is 20.0 Å². The zero-order chi connectivity index (χ0) is 23.3. The average molecular weight is 485 g/mol. The van der Waals surface area contributed by atoms with E-state index in [1.807, 2.05) is 60.7 Å². The summed E-state index contributed by atoms with van der Waals surface area (Å²) in [4.78, 5) is 0.0747. The monoisotopic (exact) mass is 484 g/mol. The van der Waals surface area contributed by atoms with Gasteiger partial charge in [-0.05, 0) is 48.2 Å². The minimum absolute atomic E-state index is 0.0102. The van der Waals surface area contributed by atoms with E-state index >= 15 is 0 Å². The topological polar surface area (TPSA) is 92.3 Å². The molecular formula is C25H28N2O4S2. The number of nitrogens with one attached hydrogen (secondary N) is 2. The molecule has 0 heterocycles. The summed E-state index contributed by atoms with van der Waals surface area (Å²) in [7, 11) is -7.61. The fourth-order valence-electron chi connectivity index (χ4n) is 4.15. The Morgan fingerprint density at radius 1 is 0.606 bits per heavy atom. The second-order valence-corrected chi connectivity index (χ2v) is 11.7. The predicted octanol–water partition coefficient (Wildman–Crippen LogP) is 4.37. The highest BCUT2D eigenvalue weighted by Gasteiger charge is 2.25. The lowest BCUT2D eigenvalue weighted by atomic mass is 9.96. The van der Waals surface area contributed by atoms with Crippen molar-refractivity contribution in [1.82, 2.24) is 9.44 Å². The molecule has 33 heavy (non-hydrogen) atoms. The zero-order valence-electron chi connectivity index (χ0n) is 18.2. The molecule has 3 aromatic rings. The van der Waals surface area contributed by atoms with Gasteiger partial charge in [0.05, 0.1) is 15.8 Å². The first-order valence-corrected chi connectivity index (χ1v) is 14.1. The van der Waals surface area contributed by atoms with Gasteiger partial charge in [0, 0.05) is 6.04 Å². The lowest BCUT2D eigenvalue weighted by Gasteiger charge is -2.22. The third-order valence-corrected chi connectivity index (χ3v) is 8.89. The number of sulfonamides is 2. The van der Waals surface area contributed by atoms with Gasteiger partial charge in [-0.15, -0.1) is 0 Å². The molecule has 8 heteroatoms. The molecule has 1 aliphatic carbocycles. The van der Waals surface area contributed by atoms with Gasteiger partial charge < -0.3 is 0 Å².